The molecule has 8 rings (SSSR count). The van der Waals surface area contributed by atoms with E-state index in [2.05, 4.69) is 127 Å². The number of rotatable bonds is 1. The lowest BCUT2D eigenvalue weighted by Gasteiger charge is -2.21. The lowest BCUT2D eigenvalue weighted by molar-refractivity contribution is 0.661. The smallest absolute Gasteiger partial charge is 0.215 e. The highest BCUT2D eigenvalue weighted by atomic mass is 15.2. The molecule has 0 spiro atoms. The van der Waals surface area contributed by atoms with E-state index < -0.39 is 0 Å². The van der Waals surface area contributed by atoms with Crippen molar-refractivity contribution in [2.45, 2.75) is 19.3 Å². The van der Waals surface area contributed by atoms with E-state index in [-0.39, 0.29) is 5.41 Å². The molecule has 0 N–H and O–H groups in total. The van der Waals surface area contributed by atoms with E-state index in [1.807, 2.05) is 0 Å². The quantitative estimate of drug-likeness (QED) is 0.241. The first-order valence-corrected chi connectivity index (χ1v) is 12.6. The fraction of sp³-hybridized carbons (Fsp3) is 0.121. The summed E-state index contributed by atoms with van der Waals surface area (Å²) in [5.41, 5.74) is 10.0. The summed E-state index contributed by atoms with van der Waals surface area (Å²) in [6.07, 6.45) is 0. The summed E-state index contributed by atoms with van der Waals surface area (Å²) in [6.45, 7) is 4.69. The van der Waals surface area contributed by atoms with Gasteiger partial charge < -0.3 is 4.57 Å². The standard InChI is InChI=1S/C33H25N3/c1-33(2)25-12-6-4-11-22(25)31-23-19-30-24(18-20(23)16-17-26(31)33)21-10-5-8-14-28(21)36(30)32-34-27-13-7-9-15-29(27)35(32)3/h4-19H,1-3H3. The Kier molecular flexibility index (Phi) is 3.67. The van der Waals surface area contributed by atoms with Gasteiger partial charge in [-0.25, -0.2) is 4.98 Å². The zero-order chi connectivity index (χ0) is 24.2. The molecule has 1 aliphatic rings. The minimum Gasteiger partial charge on any atom is -0.313 e. The molecular formula is C33H25N3. The number of hydrogen-bond acceptors (Lipinski definition) is 1. The zero-order valence-electron chi connectivity index (χ0n) is 20.6. The number of nitrogens with zero attached hydrogens (tertiary/aromatic N) is 3. The number of imidazole rings is 1. The van der Waals surface area contributed by atoms with Gasteiger partial charge in [0.15, 0.2) is 0 Å². The van der Waals surface area contributed by atoms with Crippen LogP contribution in [-0.2, 0) is 12.5 Å². The maximum Gasteiger partial charge on any atom is 0.215 e. The molecule has 0 atom stereocenters. The van der Waals surface area contributed by atoms with Crippen molar-refractivity contribution in [2.75, 3.05) is 0 Å². The Balaban J connectivity index is 1.55. The third-order valence-electron chi connectivity index (χ3n) is 8.32. The molecule has 2 aromatic heterocycles. The molecule has 172 valence electrons. The second-order valence-electron chi connectivity index (χ2n) is 10.6. The van der Waals surface area contributed by atoms with Crippen LogP contribution >= 0.6 is 0 Å². The Morgan fingerprint density at radius 2 is 1.39 bits per heavy atom. The summed E-state index contributed by atoms with van der Waals surface area (Å²) < 4.78 is 4.55. The van der Waals surface area contributed by atoms with Crippen molar-refractivity contribution >= 4 is 43.6 Å². The van der Waals surface area contributed by atoms with Crippen LogP contribution in [0.4, 0.5) is 0 Å². The van der Waals surface area contributed by atoms with Crippen molar-refractivity contribution in [1.82, 2.24) is 14.1 Å². The van der Waals surface area contributed by atoms with Crippen molar-refractivity contribution in [3.8, 4) is 17.1 Å². The summed E-state index contributed by atoms with van der Waals surface area (Å²) >= 11 is 0. The van der Waals surface area contributed by atoms with Crippen LogP contribution in [-0.4, -0.2) is 14.1 Å². The van der Waals surface area contributed by atoms with Crippen LogP contribution < -0.4 is 0 Å². The van der Waals surface area contributed by atoms with Crippen molar-refractivity contribution < 1.29 is 0 Å². The normalized spacial score (nSPS) is 14.2. The van der Waals surface area contributed by atoms with Gasteiger partial charge in [0.2, 0.25) is 5.95 Å². The molecule has 0 unspecified atom stereocenters. The summed E-state index contributed by atoms with van der Waals surface area (Å²) in [7, 11) is 2.11. The van der Waals surface area contributed by atoms with E-state index in [1.54, 1.807) is 0 Å². The van der Waals surface area contributed by atoms with Gasteiger partial charge in [0.05, 0.1) is 22.1 Å². The van der Waals surface area contributed by atoms with Crippen molar-refractivity contribution in [2.24, 2.45) is 7.05 Å². The molecule has 0 radical (unpaired) electrons. The van der Waals surface area contributed by atoms with Crippen molar-refractivity contribution in [1.29, 1.82) is 0 Å². The highest BCUT2D eigenvalue weighted by Crippen LogP contribution is 2.51. The molecule has 3 nitrogen and oxygen atoms in total. The topological polar surface area (TPSA) is 22.8 Å². The summed E-state index contributed by atoms with van der Waals surface area (Å²) in [4.78, 5) is 5.09. The first-order chi connectivity index (χ1) is 17.5. The van der Waals surface area contributed by atoms with Gasteiger partial charge in [0.1, 0.15) is 0 Å². The minimum atomic E-state index is -0.0147. The summed E-state index contributed by atoms with van der Waals surface area (Å²) in [5, 5.41) is 5.10. The van der Waals surface area contributed by atoms with E-state index in [4.69, 9.17) is 4.98 Å². The van der Waals surface area contributed by atoms with Gasteiger partial charge in [-0.1, -0.05) is 80.6 Å². The third kappa shape index (κ3) is 2.35. The van der Waals surface area contributed by atoms with Gasteiger partial charge in [0.25, 0.3) is 0 Å². The molecule has 0 saturated heterocycles. The van der Waals surface area contributed by atoms with E-state index in [0.29, 0.717) is 0 Å². The molecule has 0 amide bonds. The van der Waals surface area contributed by atoms with E-state index in [0.717, 1.165) is 17.0 Å². The van der Waals surface area contributed by atoms with E-state index >= 15 is 0 Å². The minimum absolute atomic E-state index is 0.0147. The molecule has 0 fully saturated rings. The maximum atomic E-state index is 5.09. The zero-order valence-corrected chi connectivity index (χ0v) is 20.6. The monoisotopic (exact) mass is 463 g/mol. The van der Waals surface area contributed by atoms with Gasteiger partial charge >= 0.3 is 0 Å². The average molecular weight is 464 g/mol. The van der Waals surface area contributed by atoms with Crippen LogP contribution in [0.15, 0.2) is 97.1 Å². The van der Waals surface area contributed by atoms with Crippen LogP contribution in [0, 0.1) is 0 Å². The maximum absolute atomic E-state index is 5.09. The molecular weight excluding hydrogens is 438 g/mol. The number of benzene rings is 5. The van der Waals surface area contributed by atoms with Gasteiger partial charge in [-0.2, -0.15) is 0 Å². The number of aromatic nitrogens is 3. The molecule has 1 aliphatic carbocycles. The van der Waals surface area contributed by atoms with Crippen LogP contribution in [0.5, 0.6) is 0 Å². The lowest BCUT2D eigenvalue weighted by Crippen LogP contribution is -2.14. The average Bonchev–Trinajstić information content (AvgIpc) is 3.48. The second-order valence-corrected chi connectivity index (χ2v) is 10.6. The number of aryl methyl sites for hydroxylation is 1. The highest BCUT2D eigenvalue weighted by molar-refractivity contribution is 6.16. The predicted molar refractivity (Wildman–Crippen MR) is 150 cm³/mol. The van der Waals surface area contributed by atoms with Gasteiger partial charge in [0, 0.05) is 23.2 Å². The molecule has 2 heterocycles. The van der Waals surface area contributed by atoms with Crippen LogP contribution in [0.25, 0.3) is 60.7 Å². The van der Waals surface area contributed by atoms with E-state index in [1.165, 1.54) is 54.8 Å². The lowest BCUT2D eigenvalue weighted by atomic mass is 9.82. The van der Waals surface area contributed by atoms with Crippen molar-refractivity contribution in [3.05, 3.63) is 108 Å². The Morgan fingerprint density at radius 1 is 0.639 bits per heavy atom. The largest absolute Gasteiger partial charge is 0.313 e. The summed E-state index contributed by atoms with van der Waals surface area (Å²) in [5.74, 6) is 0.940. The Labute approximate surface area is 209 Å². The highest BCUT2D eigenvalue weighted by Gasteiger charge is 2.36. The van der Waals surface area contributed by atoms with Gasteiger partial charge in [-0.3, -0.25) is 4.57 Å². The third-order valence-corrected chi connectivity index (χ3v) is 8.32. The number of hydrogen-bond donors (Lipinski definition) is 0. The predicted octanol–water partition coefficient (Wildman–Crippen LogP) is 8.13. The van der Waals surface area contributed by atoms with Crippen molar-refractivity contribution in [3.63, 3.8) is 0 Å². The molecule has 0 saturated carbocycles. The first kappa shape index (κ1) is 19.9. The second kappa shape index (κ2) is 6.64. The fourth-order valence-electron chi connectivity index (χ4n) is 6.54. The number of fused-ring (bicyclic) bond motifs is 9. The number of para-hydroxylation sites is 3. The SMILES string of the molecule is Cn1c(-n2c3ccccc3c3cc4ccc5c(c4cc32)-c2ccccc2C5(C)C)nc2ccccc21. The fourth-order valence-corrected chi connectivity index (χ4v) is 6.54. The molecule has 3 heteroatoms. The molecule has 36 heavy (non-hydrogen) atoms. The Hall–Kier alpha value is -4.37. The molecule has 5 aromatic carbocycles. The van der Waals surface area contributed by atoms with Crippen LogP contribution in [0.1, 0.15) is 25.0 Å². The first-order valence-electron chi connectivity index (χ1n) is 12.6. The van der Waals surface area contributed by atoms with Gasteiger partial charge in [-0.05, 0) is 63.4 Å². The molecule has 0 aliphatic heterocycles. The van der Waals surface area contributed by atoms with Gasteiger partial charge in [-0.15, -0.1) is 0 Å². The van der Waals surface area contributed by atoms with E-state index in [9.17, 15) is 0 Å². The Morgan fingerprint density at radius 3 is 2.25 bits per heavy atom. The Bertz CT molecular complexity index is 2030. The molecule has 0 bridgehead atoms. The van der Waals surface area contributed by atoms with Crippen LogP contribution in [0.2, 0.25) is 0 Å². The van der Waals surface area contributed by atoms with Crippen LogP contribution in [0.3, 0.4) is 0 Å². The summed E-state index contributed by atoms with van der Waals surface area (Å²) in [6, 6.07) is 35.4. The molecule has 7 aromatic rings.